The van der Waals surface area contributed by atoms with Crippen molar-refractivity contribution in [3.05, 3.63) is 0 Å². The van der Waals surface area contributed by atoms with Crippen molar-refractivity contribution in [2.24, 2.45) is 4.99 Å². The molecule has 0 saturated carbocycles. The van der Waals surface area contributed by atoms with Crippen molar-refractivity contribution in [3.8, 4) is 0 Å². The molecule has 0 aromatic carbocycles. The van der Waals surface area contributed by atoms with E-state index in [0.29, 0.717) is 0 Å². The van der Waals surface area contributed by atoms with Crippen LogP contribution in [0, 0.1) is 0 Å². The summed E-state index contributed by atoms with van der Waals surface area (Å²) >= 11 is 5.68. The van der Waals surface area contributed by atoms with E-state index >= 15 is 0 Å². The first kappa shape index (κ1) is 6.96. The summed E-state index contributed by atoms with van der Waals surface area (Å²) in [4.78, 5) is 3.48. The van der Waals surface area contributed by atoms with Crippen LogP contribution in [-0.4, -0.2) is 18.1 Å². The van der Waals surface area contributed by atoms with Crippen molar-refractivity contribution in [2.75, 3.05) is 7.05 Å². The highest BCUT2D eigenvalue weighted by Crippen LogP contribution is 2.07. The van der Waals surface area contributed by atoms with E-state index in [1.165, 1.54) is 0 Å². The second kappa shape index (κ2) is 2.31. The van der Waals surface area contributed by atoms with Crippen LogP contribution in [0.3, 0.4) is 0 Å². The number of rotatable bonds is 1. The summed E-state index contributed by atoms with van der Waals surface area (Å²) in [5, 5.41) is 0. The Morgan fingerprint density at radius 2 is 2.00 bits per heavy atom. The second-order valence-electron chi connectivity index (χ2n) is 1.95. The molecule has 1 nitrogen and oxygen atoms in total. The van der Waals surface area contributed by atoms with Crippen molar-refractivity contribution >= 4 is 17.8 Å². The van der Waals surface area contributed by atoms with Gasteiger partial charge < -0.3 is 0 Å². The Hall–Kier alpha value is -0.0400. The predicted molar refractivity (Wildman–Crippen MR) is 34.3 cm³/mol. The molecule has 0 bridgehead atoms. The van der Waals surface area contributed by atoms with Crippen LogP contribution in [-0.2, 0) is 0 Å². The minimum Gasteiger partial charge on any atom is -0.299 e. The van der Waals surface area contributed by atoms with Crippen LogP contribution < -0.4 is 0 Å². The first-order valence-electron chi connectivity index (χ1n) is 2.18. The summed E-state index contributed by atoms with van der Waals surface area (Å²) in [7, 11) is 1.71. The van der Waals surface area contributed by atoms with Gasteiger partial charge in [-0.15, -0.1) is 11.6 Å². The topological polar surface area (TPSA) is 12.4 Å². The standard InChI is InChI=1S/C5H10ClN/c1-5(2,6)4-7-3/h4H,1-3H3. The van der Waals surface area contributed by atoms with Crippen molar-refractivity contribution < 1.29 is 0 Å². The third kappa shape index (κ3) is 5.96. The lowest BCUT2D eigenvalue weighted by Crippen LogP contribution is -2.10. The van der Waals surface area contributed by atoms with Crippen molar-refractivity contribution in [3.63, 3.8) is 0 Å². The lowest BCUT2D eigenvalue weighted by atomic mass is 10.2. The molecular formula is C5H10ClN. The minimum atomic E-state index is -0.269. The summed E-state index contributed by atoms with van der Waals surface area (Å²) < 4.78 is 0. The molecule has 0 rings (SSSR count). The lowest BCUT2D eigenvalue weighted by Gasteiger charge is -2.04. The maximum absolute atomic E-state index is 5.68. The Labute approximate surface area is 49.4 Å². The number of aliphatic imine (C=N–C) groups is 1. The van der Waals surface area contributed by atoms with E-state index in [9.17, 15) is 0 Å². The molecule has 0 aromatic heterocycles. The normalized spacial score (nSPS) is 13.1. The van der Waals surface area contributed by atoms with Gasteiger partial charge in [-0.05, 0) is 13.8 Å². The largest absolute Gasteiger partial charge is 0.299 e. The molecule has 2 heteroatoms. The summed E-state index contributed by atoms with van der Waals surface area (Å²) in [6.07, 6.45) is 1.70. The molecule has 0 aliphatic carbocycles. The fraction of sp³-hybridized carbons (Fsp3) is 0.800. The van der Waals surface area contributed by atoms with E-state index in [0.717, 1.165) is 0 Å². The highest BCUT2D eigenvalue weighted by atomic mass is 35.5. The van der Waals surface area contributed by atoms with Gasteiger partial charge in [0.1, 0.15) is 0 Å². The molecule has 0 N–H and O–H groups in total. The van der Waals surface area contributed by atoms with E-state index in [4.69, 9.17) is 11.6 Å². The summed E-state index contributed by atoms with van der Waals surface area (Å²) in [6.45, 7) is 3.78. The quantitative estimate of drug-likeness (QED) is 0.368. The number of hydrogen-bond donors (Lipinski definition) is 0. The highest BCUT2D eigenvalue weighted by Gasteiger charge is 2.06. The Morgan fingerprint density at radius 1 is 1.57 bits per heavy atom. The first-order valence-corrected chi connectivity index (χ1v) is 2.56. The maximum atomic E-state index is 5.68. The van der Waals surface area contributed by atoms with Crippen LogP contribution in [0.5, 0.6) is 0 Å². The van der Waals surface area contributed by atoms with Crippen molar-refractivity contribution in [1.29, 1.82) is 0 Å². The zero-order chi connectivity index (χ0) is 5.91. The van der Waals surface area contributed by atoms with Crippen LogP contribution in [0.25, 0.3) is 0 Å². The van der Waals surface area contributed by atoms with Crippen molar-refractivity contribution in [2.45, 2.75) is 18.7 Å². The molecule has 0 heterocycles. The van der Waals surface area contributed by atoms with Crippen LogP contribution in [0.15, 0.2) is 4.99 Å². The molecule has 0 atom stereocenters. The second-order valence-corrected chi connectivity index (χ2v) is 2.93. The molecule has 0 saturated heterocycles. The molecule has 0 unspecified atom stereocenters. The number of hydrogen-bond acceptors (Lipinski definition) is 1. The van der Waals surface area contributed by atoms with Gasteiger partial charge in [0.05, 0.1) is 4.87 Å². The summed E-state index contributed by atoms with van der Waals surface area (Å²) in [5.41, 5.74) is 0. The predicted octanol–water partition coefficient (Wildman–Crippen LogP) is 1.70. The third-order valence-corrected chi connectivity index (χ3v) is 0.534. The Morgan fingerprint density at radius 3 is 2.00 bits per heavy atom. The molecule has 0 aliphatic rings. The maximum Gasteiger partial charge on any atom is 0.0736 e. The first-order chi connectivity index (χ1) is 3.06. The highest BCUT2D eigenvalue weighted by molar-refractivity contribution is 6.31. The fourth-order valence-corrected chi connectivity index (χ4v) is 0.405. The number of alkyl halides is 1. The van der Waals surface area contributed by atoms with Gasteiger partial charge >= 0.3 is 0 Å². The monoisotopic (exact) mass is 119 g/mol. The average Bonchev–Trinajstić information content (AvgIpc) is 1.30. The average molecular weight is 120 g/mol. The molecule has 0 spiro atoms. The van der Waals surface area contributed by atoms with Gasteiger partial charge in [-0.2, -0.15) is 0 Å². The van der Waals surface area contributed by atoms with Crippen LogP contribution >= 0.6 is 11.6 Å². The van der Waals surface area contributed by atoms with Gasteiger partial charge in [0.15, 0.2) is 0 Å². The summed E-state index contributed by atoms with van der Waals surface area (Å²) in [6, 6.07) is 0. The van der Waals surface area contributed by atoms with Gasteiger partial charge in [-0.3, -0.25) is 4.99 Å². The van der Waals surface area contributed by atoms with Gasteiger partial charge in [-0.25, -0.2) is 0 Å². The Kier molecular flexibility index (Phi) is 2.30. The van der Waals surface area contributed by atoms with Gasteiger partial charge in [0.2, 0.25) is 0 Å². The zero-order valence-electron chi connectivity index (χ0n) is 4.90. The molecule has 42 valence electrons. The van der Waals surface area contributed by atoms with Gasteiger partial charge in [-0.1, -0.05) is 0 Å². The zero-order valence-corrected chi connectivity index (χ0v) is 5.66. The summed E-state index contributed by atoms with van der Waals surface area (Å²) in [5.74, 6) is 0. The lowest BCUT2D eigenvalue weighted by molar-refractivity contribution is 0.953. The SMILES string of the molecule is CN=CC(C)(C)Cl. The van der Waals surface area contributed by atoms with E-state index in [2.05, 4.69) is 4.99 Å². The molecule has 0 aromatic rings. The number of nitrogens with zero attached hydrogens (tertiary/aromatic N) is 1. The molecule has 0 aliphatic heterocycles. The van der Waals surface area contributed by atoms with Crippen LogP contribution in [0.2, 0.25) is 0 Å². The van der Waals surface area contributed by atoms with E-state index in [-0.39, 0.29) is 4.87 Å². The van der Waals surface area contributed by atoms with Crippen molar-refractivity contribution in [1.82, 2.24) is 0 Å². The Bertz CT molecular complexity index is 70.6. The number of halogens is 1. The van der Waals surface area contributed by atoms with Crippen LogP contribution in [0.1, 0.15) is 13.8 Å². The molecule has 0 radical (unpaired) electrons. The van der Waals surface area contributed by atoms with Gasteiger partial charge in [0, 0.05) is 13.3 Å². The van der Waals surface area contributed by atoms with E-state index in [1.807, 2.05) is 13.8 Å². The molecule has 7 heavy (non-hydrogen) atoms. The van der Waals surface area contributed by atoms with Gasteiger partial charge in [0.25, 0.3) is 0 Å². The van der Waals surface area contributed by atoms with E-state index < -0.39 is 0 Å². The Balaban J connectivity index is 3.56. The minimum absolute atomic E-state index is 0.269. The third-order valence-electron chi connectivity index (χ3n) is 0.436. The molecular weight excluding hydrogens is 110 g/mol. The fourth-order valence-electron chi connectivity index (χ4n) is 0.307. The smallest absolute Gasteiger partial charge is 0.0736 e. The van der Waals surface area contributed by atoms with E-state index in [1.54, 1.807) is 13.3 Å². The van der Waals surface area contributed by atoms with Crippen LogP contribution in [0.4, 0.5) is 0 Å². The molecule has 0 amide bonds. The molecule has 0 fully saturated rings.